The minimum Gasteiger partial charge on any atom is 0 e. The van der Waals surface area contributed by atoms with Gasteiger partial charge in [-0.05, 0) is 0 Å². The van der Waals surface area contributed by atoms with E-state index >= 15 is 0 Å². The van der Waals surface area contributed by atoms with E-state index in [1.54, 1.807) is 0 Å². The Balaban J connectivity index is 0. The summed E-state index contributed by atoms with van der Waals surface area (Å²) in [5, 5.41) is 0. The molecule has 1 radical (unpaired) electrons. The number of hydrogen-bond donors (Lipinski definition) is 0. The van der Waals surface area contributed by atoms with Crippen molar-refractivity contribution >= 4 is 12.1 Å². The van der Waals surface area contributed by atoms with Crippen LogP contribution in [0.25, 0.3) is 0 Å². The molecule has 0 aliphatic rings. The zero-order valence-corrected chi connectivity index (χ0v) is 9.78. The van der Waals surface area contributed by atoms with Crippen molar-refractivity contribution < 1.29 is 53.0 Å². The first-order valence-corrected chi connectivity index (χ1v) is 3.68. The quantitative estimate of drug-likeness (QED) is 0.399. The fourth-order valence-corrected chi connectivity index (χ4v) is 0.0958. The molecule has 0 fully saturated rings. The third-order valence-electron chi connectivity index (χ3n) is 0.545. The molecule has 0 saturated heterocycles. The third-order valence-corrected chi connectivity index (χ3v) is 2.29. The van der Waals surface area contributed by atoms with E-state index in [1.807, 2.05) is 0 Å². The Morgan fingerprint density at radius 1 is 1.75 bits per heavy atom. The summed E-state index contributed by atoms with van der Waals surface area (Å²) >= 11 is 0.841. The van der Waals surface area contributed by atoms with Crippen molar-refractivity contribution in [3.05, 3.63) is 0 Å². The Labute approximate surface area is 75.8 Å². The van der Waals surface area contributed by atoms with E-state index in [0.717, 1.165) is 21.1 Å². The number of carbonyl (C=O) groups excluding carboxylic acids is 2. The average Bonchev–Trinajstić information content (AvgIpc) is 1.65. The molecule has 1 unspecified atom stereocenters. The molecule has 0 spiro atoms. The smallest absolute Gasteiger partial charge is 0 e. The Morgan fingerprint density at radius 2 is 2.12 bits per heavy atom. The van der Waals surface area contributed by atoms with Crippen LogP contribution in [0.15, 0.2) is 0 Å². The van der Waals surface area contributed by atoms with Crippen LogP contribution in [0.4, 0.5) is 0 Å². The molecular weight excluding hydrogens is 354 g/mol. The third kappa shape index (κ3) is 4.97. The van der Waals surface area contributed by atoms with Gasteiger partial charge in [-0.15, -0.1) is 0 Å². The molecule has 0 N–H and O–H groups in total. The number of carbonyl (C=O) groups is 2. The molecule has 1 atom stereocenters. The number of Topliss-reactive ketones (excluding diaryl/α,β-unsaturated/α-hetero) is 1. The van der Waals surface area contributed by atoms with Crippen molar-refractivity contribution in [3.63, 3.8) is 0 Å². The topological polar surface area (TPSA) is 34.1 Å². The van der Waals surface area contributed by atoms with Gasteiger partial charge in [-0.1, -0.05) is 0 Å². The van der Waals surface area contributed by atoms with Crippen LogP contribution >= 0.6 is 0 Å². The van der Waals surface area contributed by atoms with Crippen molar-refractivity contribution in [1.82, 2.24) is 0 Å². The van der Waals surface area contributed by atoms with Crippen LogP contribution in [0, 0.1) is 0 Å². The SMILES string of the molecule is CC(=O)[CH]([Ta])C=O.[Nb]. The molecule has 8 heavy (non-hydrogen) atoms. The first-order chi connectivity index (χ1) is 3.18. The fourth-order valence-electron chi connectivity index (χ4n) is 0.0958. The molecule has 0 aliphatic carbocycles. The fraction of sp³-hybridized carbons (Fsp3) is 0.500. The van der Waals surface area contributed by atoms with E-state index in [0.29, 0.717) is 6.29 Å². The van der Waals surface area contributed by atoms with Crippen molar-refractivity contribution in [2.45, 2.75) is 11.1 Å². The minimum absolute atomic E-state index is 0. The van der Waals surface area contributed by atoms with Gasteiger partial charge in [0.25, 0.3) is 0 Å². The predicted octanol–water partition coefficient (Wildman–Crippen LogP) is 0.107. The van der Waals surface area contributed by atoms with Crippen LogP contribution in [0.1, 0.15) is 6.92 Å². The Hall–Kier alpha value is 0.821. The van der Waals surface area contributed by atoms with E-state index < -0.39 is 0 Å². The van der Waals surface area contributed by atoms with Crippen LogP contribution < -0.4 is 0 Å². The monoisotopic (exact) mass is 359 g/mol. The maximum Gasteiger partial charge on any atom is 0 e. The van der Waals surface area contributed by atoms with E-state index in [9.17, 15) is 9.59 Å². The van der Waals surface area contributed by atoms with Gasteiger partial charge in [0.05, 0.1) is 0 Å². The molecule has 0 rings (SSSR count). The zero-order valence-electron chi connectivity index (χ0n) is 4.37. The normalized spacial score (nSPS) is 11.1. The zero-order chi connectivity index (χ0) is 5.86. The van der Waals surface area contributed by atoms with Gasteiger partial charge in [-0.3, -0.25) is 0 Å². The van der Waals surface area contributed by atoms with Gasteiger partial charge in [0.2, 0.25) is 0 Å². The standard InChI is InChI=1S/C4H5O2.Nb.Ta/c1-4(6)2-3-5;;/h2-3H,1H3;;. The van der Waals surface area contributed by atoms with E-state index in [2.05, 4.69) is 0 Å². The predicted molar refractivity (Wildman–Crippen MR) is 20.5 cm³/mol. The largest absolute Gasteiger partial charge is 0 e. The van der Waals surface area contributed by atoms with Crippen molar-refractivity contribution in [3.8, 4) is 0 Å². The number of aldehydes is 1. The minimum atomic E-state index is -0.306. The molecule has 0 aliphatic heterocycles. The summed E-state index contributed by atoms with van der Waals surface area (Å²) in [5.74, 6) is -0.0247. The van der Waals surface area contributed by atoms with Gasteiger partial charge in [-0.25, -0.2) is 0 Å². The first-order valence-electron chi connectivity index (χ1n) is 1.82. The maximum atomic E-state index is 10.2. The molecule has 0 saturated carbocycles. The van der Waals surface area contributed by atoms with Gasteiger partial charge in [0.15, 0.2) is 0 Å². The van der Waals surface area contributed by atoms with Crippen molar-refractivity contribution in [2.75, 3.05) is 0 Å². The van der Waals surface area contributed by atoms with Gasteiger partial charge >= 0.3 is 53.8 Å². The molecular formula is C4H5NbO2Ta. The summed E-state index contributed by atoms with van der Waals surface area (Å²) in [5.41, 5.74) is 0. The second-order valence-electron chi connectivity index (χ2n) is 1.19. The molecule has 4 heteroatoms. The van der Waals surface area contributed by atoms with Crippen LogP contribution in [-0.4, -0.2) is 12.1 Å². The Kier molecular flexibility index (Phi) is 8.62. The summed E-state index contributed by atoms with van der Waals surface area (Å²) in [6, 6.07) is 0. The van der Waals surface area contributed by atoms with E-state index in [4.69, 9.17) is 0 Å². The Morgan fingerprint density at radius 3 is 2.12 bits per heavy atom. The summed E-state index contributed by atoms with van der Waals surface area (Å²) in [4.78, 5) is 19.9. The number of rotatable bonds is 2. The first kappa shape index (κ1) is 11.6. The van der Waals surface area contributed by atoms with Crippen molar-refractivity contribution in [2.24, 2.45) is 0 Å². The molecule has 0 aromatic carbocycles. The number of ketones is 1. The second-order valence-corrected chi connectivity index (χ2v) is 3.19. The number of hydrogen-bond acceptors (Lipinski definition) is 2. The molecule has 2 nitrogen and oxygen atoms in total. The van der Waals surface area contributed by atoms with Crippen LogP contribution in [0.2, 0.25) is 4.14 Å². The van der Waals surface area contributed by atoms with Gasteiger partial charge < -0.3 is 0 Å². The molecule has 0 aromatic rings. The summed E-state index contributed by atoms with van der Waals surface area (Å²) in [7, 11) is 0. The van der Waals surface area contributed by atoms with E-state index in [-0.39, 0.29) is 32.3 Å². The molecule has 43 valence electrons. The average molecular weight is 359 g/mol. The van der Waals surface area contributed by atoms with Gasteiger partial charge in [-0.2, -0.15) is 0 Å². The Bertz CT molecular complexity index is 94.0. The molecule has 0 amide bonds. The summed E-state index contributed by atoms with van der Waals surface area (Å²) in [6.07, 6.45) is 0.691. The van der Waals surface area contributed by atoms with Gasteiger partial charge in [0, 0.05) is 22.4 Å². The van der Waals surface area contributed by atoms with Crippen LogP contribution in [0.3, 0.4) is 0 Å². The molecule has 0 heterocycles. The van der Waals surface area contributed by atoms with Crippen LogP contribution in [-0.2, 0) is 53.0 Å². The summed E-state index contributed by atoms with van der Waals surface area (Å²) in [6.45, 7) is 1.43. The van der Waals surface area contributed by atoms with E-state index in [1.165, 1.54) is 6.92 Å². The molecule has 0 bridgehead atoms. The van der Waals surface area contributed by atoms with Crippen LogP contribution in [0.5, 0.6) is 0 Å². The summed E-state index contributed by atoms with van der Waals surface area (Å²) < 4.78 is -0.306. The van der Waals surface area contributed by atoms with Crippen molar-refractivity contribution in [1.29, 1.82) is 0 Å². The second kappa shape index (κ2) is 5.95. The van der Waals surface area contributed by atoms with Gasteiger partial charge in [0.1, 0.15) is 0 Å². The molecule has 0 aromatic heterocycles. The maximum absolute atomic E-state index is 10.2.